The van der Waals surface area contributed by atoms with E-state index in [0.29, 0.717) is 5.02 Å². The Bertz CT molecular complexity index is 712. The molecule has 0 unspecified atom stereocenters. The van der Waals surface area contributed by atoms with E-state index in [9.17, 15) is 9.59 Å². The molecule has 0 spiro atoms. The molecule has 0 heterocycles. The number of carbonyl (C=O) groups excluding carboxylic acids is 2. The number of amides is 2. The Morgan fingerprint density at radius 2 is 1.75 bits per heavy atom. The molecule has 4 nitrogen and oxygen atoms in total. The molecule has 0 aromatic heterocycles. The molecule has 0 aliphatic heterocycles. The maximum Gasteiger partial charge on any atom is 0.244 e. The van der Waals surface area contributed by atoms with Gasteiger partial charge in [0.1, 0.15) is 0 Å². The molecule has 2 N–H and O–H groups in total. The summed E-state index contributed by atoms with van der Waals surface area (Å²) in [6.07, 6.45) is 3.11. The van der Waals surface area contributed by atoms with Crippen molar-refractivity contribution in [1.82, 2.24) is 10.6 Å². The lowest BCUT2D eigenvalue weighted by molar-refractivity contribution is -0.124. The van der Waals surface area contributed by atoms with Crippen LogP contribution in [0.25, 0.3) is 6.08 Å². The van der Waals surface area contributed by atoms with Crippen LogP contribution < -0.4 is 10.6 Å². The van der Waals surface area contributed by atoms with Gasteiger partial charge in [-0.3, -0.25) is 9.59 Å². The zero-order valence-corrected chi connectivity index (χ0v) is 14.1. The van der Waals surface area contributed by atoms with Gasteiger partial charge in [0.25, 0.3) is 0 Å². The van der Waals surface area contributed by atoms with Crippen LogP contribution in [-0.2, 0) is 9.59 Å². The third-order valence-electron chi connectivity index (χ3n) is 3.40. The van der Waals surface area contributed by atoms with Crippen LogP contribution in [0, 0.1) is 0 Å². The predicted octanol–water partition coefficient (Wildman–Crippen LogP) is 3.35. The zero-order valence-electron chi connectivity index (χ0n) is 13.3. The standard InChI is InChI=1S/C19H19ClN2O2/c1-14(16-8-10-17(20)11-9-16)22-19(24)13-21-18(23)12-7-15-5-3-2-4-6-15/h2-12,14H,13H2,1H3,(H,21,23)(H,22,24)/b12-7+/t14-/m1/s1. The average molecular weight is 343 g/mol. The Morgan fingerprint density at radius 1 is 1.08 bits per heavy atom. The van der Waals surface area contributed by atoms with E-state index in [4.69, 9.17) is 11.6 Å². The minimum absolute atomic E-state index is 0.0735. The third-order valence-corrected chi connectivity index (χ3v) is 3.65. The number of halogens is 1. The maximum absolute atomic E-state index is 11.9. The SMILES string of the molecule is C[C@@H](NC(=O)CNC(=O)/C=C/c1ccccc1)c1ccc(Cl)cc1. The van der Waals surface area contributed by atoms with Crippen LogP contribution >= 0.6 is 11.6 Å². The van der Waals surface area contributed by atoms with Crippen molar-refractivity contribution in [2.45, 2.75) is 13.0 Å². The molecule has 0 radical (unpaired) electrons. The van der Waals surface area contributed by atoms with E-state index in [-0.39, 0.29) is 24.4 Å². The predicted molar refractivity (Wildman–Crippen MR) is 96.5 cm³/mol. The van der Waals surface area contributed by atoms with Gasteiger partial charge in [-0.25, -0.2) is 0 Å². The van der Waals surface area contributed by atoms with Gasteiger partial charge in [-0.15, -0.1) is 0 Å². The first-order valence-corrected chi connectivity index (χ1v) is 7.98. The highest BCUT2D eigenvalue weighted by Gasteiger charge is 2.09. The van der Waals surface area contributed by atoms with Gasteiger partial charge < -0.3 is 10.6 Å². The van der Waals surface area contributed by atoms with Crippen molar-refractivity contribution >= 4 is 29.5 Å². The number of benzene rings is 2. The zero-order chi connectivity index (χ0) is 17.4. The monoisotopic (exact) mass is 342 g/mol. The molecule has 2 aromatic rings. The lowest BCUT2D eigenvalue weighted by Gasteiger charge is -2.14. The van der Waals surface area contributed by atoms with Crippen molar-refractivity contribution in [1.29, 1.82) is 0 Å². The Morgan fingerprint density at radius 3 is 2.42 bits per heavy atom. The lowest BCUT2D eigenvalue weighted by atomic mass is 10.1. The fraction of sp³-hybridized carbons (Fsp3) is 0.158. The van der Waals surface area contributed by atoms with Gasteiger partial charge in [-0.2, -0.15) is 0 Å². The van der Waals surface area contributed by atoms with Gasteiger partial charge >= 0.3 is 0 Å². The van der Waals surface area contributed by atoms with Crippen LogP contribution in [0.1, 0.15) is 24.1 Å². The van der Waals surface area contributed by atoms with Crippen LogP contribution in [-0.4, -0.2) is 18.4 Å². The summed E-state index contributed by atoms with van der Waals surface area (Å²) in [7, 11) is 0. The van der Waals surface area contributed by atoms with Crippen LogP contribution in [0.3, 0.4) is 0 Å². The Hall–Kier alpha value is -2.59. The van der Waals surface area contributed by atoms with Crippen molar-refractivity contribution in [3.8, 4) is 0 Å². The Labute approximate surface area is 146 Å². The van der Waals surface area contributed by atoms with Crippen molar-refractivity contribution in [3.05, 3.63) is 76.8 Å². The summed E-state index contributed by atoms with van der Waals surface area (Å²) < 4.78 is 0. The number of hydrogen-bond donors (Lipinski definition) is 2. The summed E-state index contributed by atoms with van der Waals surface area (Å²) in [5.41, 5.74) is 1.87. The molecule has 5 heteroatoms. The van der Waals surface area contributed by atoms with E-state index in [1.54, 1.807) is 18.2 Å². The van der Waals surface area contributed by atoms with E-state index >= 15 is 0 Å². The van der Waals surface area contributed by atoms with Gasteiger partial charge in [0.2, 0.25) is 11.8 Å². The molecule has 2 amide bonds. The highest BCUT2D eigenvalue weighted by atomic mass is 35.5. The highest BCUT2D eigenvalue weighted by Crippen LogP contribution is 2.15. The molecular weight excluding hydrogens is 324 g/mol. The van der Waals surface area contributed by atoms with Gasteiger partial charge in [-0.05, 0) is 36.3 Å². The minimum atomic E-state index is -0.312. The van der Waals surface area contributed by atoms with Crippen LogP contribution in [0.15, 0.2) is 60.7 Å². The van der Waals surface area contributed by atoms with Crippen LogP contribution in [0.4, 0.5) is 0 Å². The normalized spacial score (nSPS) is 11.9. The number of nitrogens with one attached hydrogen (secondary N) is 2. The van der Waals surface area contributed by atoms with E-state index in [0.717, 1.165) is 11.1 Å². The second kappa shape index (κ2) is 8.89. The first-order valence-electron chi connectivity index (χ1n) is 7.60. The molecular formula is C19H19ClN2O2. The molecule has 2 aromatic carbocycles. The topological polar surface area (TPSA) is 58.2 Å². The van der Waals surface area contributed by atoms with Crippen LogP contribution in [0.5, 0.6) is 0 Å². The largest absolute Gasteiger partial charge is 0.348 e. The molecule has 0 bridgehead atoms. The van der Waals surface area contributed by atoms with Crippen LogP contribution in [0.2, 0.25) is 5.02 Å². The Kier molecular flexibility index (Phi) is 6.58. The number of hydrogen-bond acceptors (Lipinski definition) is 2. The summed E-state index contributed by atoms with van der Waals surface area (Å²) in [5, 5.41) is 6.03. The smallest absolute Gasteiger partial charge is 0.244 e. The van der Waals surface area contributed by atoms with Gasteiger partial charge in [0.05, 0.1) is 12.6 Å². The third kappa shape index (κ3) is 5.89. The van der Waals surface area contributed by atoms with Crippen molar-refractivity contribution < 1.29 is 9.59 Å². The van der Waals surface area contributed by atoms with E-state index in [2.05, 4.69) is 10.6 Å². The van der Waals surface area contributed by atoms with E-state index in [1.165, 1.54) is 6.08 Å². The second-order valence-corrected chi connectivity index (χ2v) is 5.74. The molecule has 124 valence electrons. The first kappa shape index (κ1) is 17.8. The molecule has 24 heavy (non-hydrogen) atoms. The van der Waals surface area contributed by atoms with E-state index < -0.39 is 0 Å². The quantitative estimate of drug-likeness (QED) is 0.791. The average Bonchev–Trinajstić information content (AvgIpc) is 2.59. The summed E-state index contributed by atoms with van der Waals surface area (Å²) in [4.78, 5) is 23.6. The number of carbonyl (C=O) groups is 2. The van der Waals surface area contributed by atoms with Crippen molar-refractivity contribution in [3.63, 3.8) is 0 Å². The van der Waals surface area contributed by atoms with Crippen molar-refractivity contribution in [2.75, 3.05) is 6.54 Å². The lowest BCUT2D eigenvalue weighted by Crippen LogP contribution is -2.37. The molecule has 0 saturated carbocycles. The summed E-state index contributed by atoms with van der Waals surface area (Å²) >= 11 is 5.84. The summed E-state index contributed by atoms with van der Waals surface area (Å²) in [6, 6.07) is 16.6. The first-order chi connectivity index (χ1) is 11.5. The molecule has 0 fully saturated rings. The number of rotatable bonds is 6. The fourth-order valence-electron chi connectivity index (χ4n) is 2.09. The van der Waals surface area contributed by atoms with Crippen molar-refractivity contribution in [2.24, 2.45) is 0 Å². The second-order valence-electron chi connectivity index (χ2n) is 5.30. The van der Waals surface area contributed by atoms with E-state index in [1.807, 2.05) is 49.4 Å². The highest BCUT2D eigenvalue weighted by molar-refractivity contribution is 6.30. The Balaban J connectivity index is 1.77. The summed E-state index contributed by atoms with van der Waals surface area (Å²) in [5.74, 6) is -0.563. The molecule has 0 saturated heterocycles. The molecule has 1 atom stereocenters. The molecule has 0 aliphatic carbocycles. The summed E-state index contributed by atoms with van der Waals surface area (Å²) in [6.45, 7) is 1.80. The van der Waals surface area contributed by atoms with Gasteiger partial charge in [0, 0.05) is 11.1 Å². The minimum Gasteiger partial charge on any atom is -0.348 e. The maximum atomic E-state index is 11.9. The molecule has 2 rings (SSSR count). The van der Waals surface area contributed by atoms with Gasteiger partial charge in [0.15, 0.2) is 0 Å². The fourth-order valence-corrected chi connectivity index (χ4v) is 2.22. The molecule has 0 aliphatic rings. The van der Waals surface area contributed by atoms with Gasteiger partial charge in [-0.1, -0.05) is 54.1 Å².